The number of phenols is 1. The van der Waals surface area contributed by atoms with Gasteiger partial charge in [0.15, 0.2) is 11.5 Å². The molecule has 0 aliphatic rings. The molecular weight excluding hydrogens is 414 g/mol. The van der Waals surface area contributed by atoms with Crippen LogP contribution < -0.4 is 15.5 Å². The number of hydrogen-bond donors (Lipinski definition) is 4. The van der Waals surface area contributed by atoms with Gasteiger partial charge in [0.2, 0.25) is 0 Å². The highest BCUT2D eigenvalue weighted by Gasteiger charge is 2.24. The fraction of sp³-hybridized carbons (Fsp3) is 0.261. The van der Waals surface area contributed by atoms with Crippen LogP contribution in [0.4, 0.5) is 10.5 Å². The van der Waals surface area contributed by atoms with Crippen LogP contribution in [0.2, 0.25) is 0 Å². The van der Waals surface area contributed by atoms with Crippen molar-refractivity contribution in [3.05, 3.63) is 65.7 Å². The number of methoxy groups -OCH3 is 1. The van der Waals surface area contributed by atoms with Gasteiger partial charge in [0.25, 0.3) is 5.91 Å². The first-order valence-electron chi connectivity index (χ1n) is 9.83. The molecule has 0 radical (unpaired) electrons. The van der Waals surface area contributed by atoms with Crippen LogP contribution in [0.5, 0.6) is 11.5 Å². The van der Waals surface area contributed by atoms with Gasteiger partial charge in [-0.15, -0.1) is 0 Å². The molecule has 32 heavy (non-hydrogen) atoms. The van der Waals surface area contributed by atoms with Gasteiger partial charge in [-0.3, -0.25) is 15.3 Å². The number of allylic oxidation sites excluding steroid dienone is 1. The lowest BCUT2D eigenvalue weighted by Gasteiger charge is -2.25. The molecule has 0 saturated carbocycles. The molecule has 2 atom stereocenters. The van der Waals surface area contributed by atoms with E-state index in [1.54, 1.807) is 42.5 Å². The van der Waals surface area contributed by atoms with Gasteiger partial charge in [0, 0.05) is 11.8 Å². The summed E-state index contributed by atoms with van der Waals surface area (Å²) in [5.41, 5.74) is 3.02. The van der Waals surface area contributed by atoms with E-state index in [2.05, 4.69) is 5.32 Å². The minimum atomic E-state index is -0.703. The SMILES string of the molecule is COc1ccc([C@@H](OC(=O)Nc2ccc(C#N)cc2)[C@H](C)CC/C=C/C(=O)NO)cc1O. The maximum absolute atomic E-state index is 12.5. The molecule has 2 aromatic carbocycles. The Labute approximate surface area is 185 Å². The zero-order valence-corrected chi connectivity index (χ0v) is 17.7. The molecule has 2 rings (SSSR count). The Balaban J connectivity index is 2.15. The second-order valence-electron chi connectivity index (χ2n) is 7.00. The van der Waals surface area contributed by atoms with E-state index in [4.69, 9.17) is 19.9 Å². The maximum atomic E-state index is 12.5. The Bertz CT molecular complexity index is 998. The summed E-state index contributed by atoms with van der Waals surface area (Å²) in [6.45, 7) is 1.88. The summed E-state index contributed by atoms with van der Waals surface area (Å²) in [7, 11) is 1.44. The van der Waals surface area contributed by atoms with E-state index >= 15 is 0 Å². The number of nitriles is 1. The Kier molecular flexibility index (Phi) is 9.07. The molecule has 4 N–H and O–H groups in total. The first kappa shape index (κ1) is 24.2. The van der Waals surface area contributed by atoms with E-state index in [0.717, 1.165) is 0 Å². The Morgan fingerprint density at radius 1 is 1.22 bits per heavy atom. The van der Waals surface area contributed by atoms with Gasteiger partial charge in [0.1, 0.15) is 6.10 Å². The number of benzene rings is 2. The average Bonchev–Trinajstić information content (AvgIpc) is 2.80. The number of anilines is 1. The zero-order chi connectivity index (χ0) is 23.5. The summed E-state index contributed by atoms with van der Waals surface area (Å²) in [6.07, 6.45) is 2.45. The third kappa shape index (κ3) is 7.04. The van der Waals surface area contributed by atoms with Crippen molar-refractivity contribution in [2.24, 2.45) is 5.92 Å². The van der Waals surface area contributed by atoms with Crippen LogP contribution >= 0.6 is 0 Å². The highest BCUT2D eigenvalue weighted by atomic mass is 16.6. The molecule has 2 amide bonds. The first-order chi connectivity index (χ1) is 15.4. The van der Waals surface area contributed by atoms with E-state index in [-0.39, 0.29) is 11.7 Å². The third-order valence-electron chi connectivity index (χ3n) is 4.71. The van der Waals surface area contributed by atoms with Gasteiger partial charge in [-0.25, -0.2) is 10.3 Å². The van der Waals surface area contributed by atoms with Crippen LogP contribution in [0.3, 0.4) is 0 Å². The average molecular weight is 439 g/mol. The predicted molar refractivity (Wildman–Crippen MR) is 116 cm³/mol. The van der Waals surface area contributed by atoms with E-state index < -0.39 is 18.1 Å². The number of rotatable bonds is 9. The van der Waals surface area contributed by atoms with Gasteiger partial charge < -0.3 is 14.6 Å². The van der Waals surface area contributed by atoms with Crippen LogP contribution in [0.25, 0.3) is 0 Å². The van der Waals surface area contributed by atoms with Crippen LogP contribution in [-0.2, 0) is 9.53 Å². The van der Waals surface area contributed by atoms with Crippen LogP contribution in [0.1, 0.15) is 37.0 Å². The van der Waals surface area contributed by atoms with E-state index in [9.17, 15) is 14.7 Å². The normalized spacial score (nSPS) is 12.4. The summed E-state index contributed by atoms with van der Waals surface area (Å²) in [4.78, 5) is 23.6. The lowest BCUT2D eigenvalue weighted by atomic mass is 9.92. The highest BCUT2D eigenvalue weighted by Crippen LogP contribution is 2.35. The predicted octanol–water partition coefficient (Wildman–Crippen LogP) is 4.04. The van der Waals surface area contributed by atoms with E-state index in [1.165, 1.54) is 24.7 Å². The molecule has 0 unspecified atom stereocenters. The Hall–Kier alpha value is -4.03. The van der Waals surface area contributed by atoms with Crippen molar-refractivity contribution in [1.29, 1.82) is 5.26 Å². The first-order valence-corrected chi connectivity index (χ1v) is 9.83. The highest BCUT2D eigenvalue weighted by molar-refractivity contribution is 5.86. The van der Waals surface area contributed by atoms with Gasteiger partial charge >= 0.3 is 6.09 Å². The van der Waals surface area contributed by atoms with Gasteiger partial charge in [-0.1, -0.05) is 19.1 Å². The number of ether oxygens (including phenoxy) is 2. The molecular formula is C23H25N3O6. The molecule has 0 saturated heterocycles. The molecule has 0 aliphatic carbocycles. The largest absolute Gasteiger partial charge is 0.504 e. The molecule has 168 valence electrons. The Morgan fingerprint density at radius 3 is 2.53 bits per heavy atom. The quantitative estimate of drug-likeness (QED) is 0.262. The monoisotopic (exact) mass is 439 g/mol. The molecule has 0 aromatic heterocycles. The number of nitrogens with one attached hydrogen (secondary N) is 2. The fourth-order valence-electron chi connectivity index (χ4n) is 3.03. The molecule has 0 spiro atoms. The van der Waals surface area contributed by atoms with Crippen molar-refractivity contribution >= 4 is 17.7 Å². The van der Waals surface area contributed by atoms with Gasteiger partial charge in [-0.2, -0.15) is 5.26 Å². The van der Waals surface area contributed by atoms with Gasteiger partial charge in [0.05, 0.1) is 18.7 Å². The van der Waals surface area contributed by atoms with Crippen molar-refractivity contribution < 1.29 is 29.4 Å². The molecule has 2 aromatic rings. The second-order valence-corrected chi connectivity index (χ2v) is 7.00. The minimum Gasteiger partial charge on any atom is -0.504 e. The number of carbonyl (C=O) groups is 2. The molecule has 9 heteroatoms. The van der Waals surface area contributed by atoms with Crippen LogP contribution in [0.15, 0.2) is 54.6 Å². The lowest BCUT2D eigenvalue weighted by Crippen LogP contribution is -2.22. The van der Waals surface area contributed by atoms with Gasteiger partial charge in [-0.05, 0) is 60.7 Å². The molecule has 0 bridgehead atoms. The third-order valence-corrected chi connectivity index (χ3v) is 4.71. The molecule has 0 aliphatic heterocycles. The fourth-order valence-corrected chi connectivity index (χ4v) is 3.03. The number of aromatic hydroxyl groups is 1. The number of hydrogen-bond acceptors (Lipinski definition) is 7. The summed E-state index contributed by atoms with van der Waals surface area (Å²) in [5, 5.41) is 30.2. The molecule has 0 fully saturated rings. The number of hydroxylamine groups is 1. The number of nitrogens with zero attached hydrogens (tertiary/aromatic N) is 1. The topological polar surface area (TPSA) is 141 Å². The smallest absolute Gasteiger partial charge is 0.412 e. The van der Waals surface area contributed by atoms with Crippen LogP contribution in [0, 0.1) is 17.2 Å². The Morgan fingerprint density at radius 2 is 1.94 bits per heavy atom. The minimum absolute atomic E-state index is 0.0854. The standard InChI is InChI=1S/C23H25N3O6/c1-15(5-3-4-6-21(28)26-30)22(17-9-12-20(31-2)19(27)13-17)32-23(29)25-18-10-7-16(14-24)8-11-18/h4,6-13,15,22,27,30H,3,5H2,1-2H3,(H,25,29)(H,26,28)/b6-4+/t15-,22+/m1/s1. The van der Waals surface area contributed by atoms with Crippen molar-refractivity contribution in [2.45, 2.75) is 25.9 Å². The number of amides is 2. The maximum Gasteiger partial charge on any atom is 0.412 e. The zero-order valence-electron chi connectivity index (χ0n) is 17.7. The summed E-state index contributed by atoms with van der Waals surface area (Å²) < 4.78 is 10.7. The summed E-state index contributed by atoms with van der Waals surface area (Å²) in [6, 6.07) is 13.1. The summed E-state index contributed by atoms with van der Waals surface area (Å²) in [5.74, 6) is -0.610. The lowest BCUT2D eigenvalue weighted by molar-refractivity contribution is -0.124. The molecule has 9 nitrogen and oxygen atoms in total. The van der Waals surface area contributed by atoms with Crippen molar-refractivity contribution in [1.82, 2.24) is 5.48 Å². The van der Waals surface area contributed by atoms with Crippen molar-refractivity contribution in [3.63, 3.8) is 0 Å². The second kappa shape index (κ2) is 12.0. The van der Waals surface area contributed by atoms with Crippen molar-refractivity contribution in [3.8, 4) is 17.6 Å². The molecule has 0 heterocycles. The number of carbonyl (C=O) groups excluding carboxylic acids is 2. The van der Waals surface area contributed by atoms with Crippen molar-refractivity contribution in [2.75, 3.05) is 12.4 Å². The van der Waals surface area contributed by atoms with Crippen LogP contribution in [-0.4, -0.2) is 29.4 Å². The summed E-state index contributed by atoms with van der Waals surface area (Å²) >= 11 is 0. The number of phenolic OH excluding ortho intramolecular Hbond substituents is 1. The van der Waals surface area contributed by atoms with E-state index in [0.29, 0.717) is 35.4 Å². The van der Waals surface area contributed by atoms with E-state index in [1.807, 2.05) is 13.0 Å².